The van der Waals surface area contributed by atoms with Gasteiger partial charge < -0.3 is 9.80 Å². The Hall–Kier alpha value is -0.570. The van der Waals surface area contributed by atoms with Gasteiger partial charge in [-0.15, -0.1) is 0 Å². The molecule has 0 unspecified atom stereocenters. The lowest BCUT2D eigenvalue weighted by Gasteiger charge is -2.55. The molecule has 2 saturated heterocycles. The molecule has 2 aliphatic heterocycles. The lowest BCUT2D eigenvalue weighted by molar-refractivity contribution is -0.155. The Labute approximate surface area is 131 Å². The van der Waals surface area contributed by atoms with E-state index in [2.05, 4.69) is 30.6 Å². The van der Waals surface area contributed by atoms with Crippen LogP contribution in [0.1, 0.15) is 60.8 Å². The number of amides is 1. The van der Waals surface area contributed by atoms with Crippen molar-refractivity contribution in [3.8, 4) is 0 Å². The van der Waals surface area contributed by atoms with Crippen LogP contribution in [0.25, 0.3) is 0 Å². The molecule has 0 saturated carbocycles. The summed E-state index contributed by atoms with van der Waals surface area (Å²) in [4.78, 5) is 17.0. The maximum absolute atomic E-state index is 12.3. The summed E-state index contributed by atoms with van der Waals surface area (Å²) in [5.41, 5.74) is 0.649. The van der Waals surface area contributed by atoms with E-state index in [1.165, 1.54) is 38.9 Å². The van der Waals surface area contributed by atoms with Crippen LogP contribution in [0.4, 0.5) is 0 Å². The minimum atomic E-state index is -0.227. The van der Waals surface area contributed by atoms with Crippen LogP contribution >= 0.6 is 0 Å². The number of carbonyl (C=O) groups excluding carboxylic acids is 1. The number of rotatable bonds is 2. The SMILES string of the molecule is CC(C)(C)CCN1CCC2(CC1)CN(C(=O)C(C)(C)C)C2. The van der Waals surface area contributed by atoms with Crippen molar-refractivity contribution in [1.29, 1.82) is 0 Å². The van der Waals surface area contributed by atoms with E-state index in [9.17, 15) is 4.79 Å². The van der Waals surface area contributed by atoms with Crippen LogP contribution in [0.2, 0.25) is 0 Å². The van der Waals surface area contributed by atoms with Crippen molar-refractivity contribution in [2.45, 2.75) is 60.8 Å². The molecule has 2 aliphatic rings. The zero-order chi connectivity index (χ0) is 15.9. The number of carbonyl (C=O) groups is 1. The second-order valence-electron chi connectivity index (χ2n) is 9.56. The number of piperidine rings is 1. The second-order valence-corrected chi connectivity index (χ2v) is 9.56. The van der Waals surface area contributed by atoms with Crippen LogP contribution in [0.15, 0.2) is 0 Å². The summed E-state index contributed by atoms with van der Waals surface area (Å²) in [7, 11) is 0. The Morgan fingerprint density at radius 2 is 1.52 bits per heavy atom. The van der Waals surface area contributed by atoms with E-state index in [0.717, 1.165) is 13.1 Å². The van der Waals surface area contributed by atoms with Gasteiger partial charge in [-0.05, 0) is 44.3 Å². The van der Waals surface area contributed by atoms with Crippen molar-refractivity contribution in [2.24, 2.45) is 16.2 Å². The van der Waals surface area contributed by atoms with Gasteiger partial charge in [-0.2, -0.15) is 0 Å². The Kier molecular flexibility index (Phi) is 4.45. The molecule has 0 radical (unpaired) electrons. The third kappa shape index (κ3) is 4.21. The molecule has 0 aliphatic carbocycles. The van der Waals surface area contributed by atoms with E-state index in [-0.39, 0.29) is 5.41 Å². The Balaban J connectivity index is 1.75. The molecule has 3 nitrogen and oxygen atoms in total. The molecule has 0 aromatic heterocycles. The van der Waals surface area contributed by atoms with E-state index >= 15 is 0 Å². The molecule has 0 atom stereocenters. The third-order valence-electron chi connectivity index (χ3n) is 5.08. The van der Waals surface area contributed by atoms with Gasteiger partial charge in [0.2, 0.25) is 5.91 Å². The number of likely N-dealkylation sites (tertiary alicyclic amines) is 2. The van der Waals surface area contributed by atoms with Crippen LogP contribution in [-0.4, -0.2) is 48.4 Å². The van der Waals surface area contributed by atoms with Crippen molar-refractivity contribution in [3.63, 3.8) is 0 Å². The van der Waals surface area contributed by atoms with Gasteiger partial charge in [0.1, 0.15) is 0 Å². The maximum Gasteiger partial charge on any atom is 0.227 e. The highest BCUT2D eigenvalue weighted by Gasteiger charge is 2.48. The summed E-state index contributed by atoms with van der Waals surface area (Å²) in [5, 5.41) is 0. The summed E-state index contributed by atoms with van der Waals surface area (Å²) < 4.78 is 0. The normalized spacial score (nSPS) is 23.2. The highest BCUT2D eigenvalue weighted by Crippen LogP contribution is 2.42. The molecule has 122 valence electrons. The van der Waals surface area contributed by atoms with Crippen LogP contribution < -0.4 is 0 Å². The molecule has 0 aromatic carbocycles. The average molecular weight is 294 g/mol. The molecule has 2 heterocycles. The monoisotopic (exact) mass is 294 g/mol. The van der Waals surface area contributed by atoms with Gasteiger partial charge in [0.05, 0.1) is 0 Å². The van der Waals surface area contributed by atoms with E-state index in [0.29, 0.717) is 16.7 Å². The van der Waals surface area contributed by atoms with Gasteiger partial charge in [-0.3, -0.25) is 4.79 Å². The lowest BCUT2D eigenvalue weighted by atomic mass is 9.71. The van der Waals surface area contributed by atoms with Crippen molar-refractivity contribution >= 4 is 5.91 Å². The highest BCUT2D eigenvalue weighted by atomic mass is 16.2. The molecule has 0 aromatic rings. The molecule has 2 rings (SSSR count). The first-order valence-electron chi connectivity index (χ1n) is 8.53. The van der Waals surface area contributed by atoms with Gasteiger partial charge in [-0.25, -0.2) is 0 Å². The van der Waals surface area contributed by atoms with Gasteiger partial charge in [0.25, 0.3) is 0 Å². The Bertz CT molecular complexity index is 373. The summed E-state index contributed by atoms with van der Waals surface area (Å²) in [5.74, 6) is 0.322. The van der Waals surface area contributed by atoms with Crippen molar-refractivity contribution in [3.05, 3.63) is 0 Å². The highest BCUT2D eigenvalue weighted by molar-refractivity contribution is 5.82. The average Bonchev–Trinajstić information content (AvgIpc) is 2.31. The molecular weight excluding hydrogens is 260 g/mol. The number of hydrogen-bond acceptors (Lipinski definition) is 2. The van der Waals surface area contributed by atoms with E-state index in [1.807, 2.05) is 20.8 Å². The Morgan fingerprint density at radius 3 is 1.95 bits per heavy atom. The number of nitrogens with zero attached hydrogens (tertiary/aromatic N) is 2. The van der Waals surface area contributed by atoms with Crippen molar-refractivity contribution in [1.82, 2.24) is 9.80 Å². The summed E-state index contributed by atoms with van der Waals surface area (Å²) in [6.07, 6.45) is 3.81. The van der Waals surface area contributed by atoms with Crippen molar-refractivity contribution < 1.29 is 4.79 Å². The van der Waals surface area contributed by atoms with E-state index in [1.54, 1.807) is 0 Å². The minimum Gasteiger partial charge on any atom is -0.341 e. The third-order valence-corrected chi connectivity index (χ3v) is 5.08. The first kappa shape index (κ1) is 16.8. The largest absolute Gasteiger partial charge is 0.341 e. The fourth-order valence-corrected chi connectivity index (χ4v) is 3.44. The summed E-state index contributed by atoms with van der Waals surface area (Å²) in [6, 6.07) is 0. The zero-order valence-corrected chi connectivity index (χ0v) is 15.0. The van der Waals surface area contributed by atoms with Gasteiger partial charge in [0, 0.05) is 23.9 Å². The minimum absolute atomic E-state index is 0.227. The molecule has 0 N–H and O–H groups in total. The standard InChI is InChI=1S/C18H34N2O/c1-16(2,3)7-10-19-11-8-18(9-12-19)13-20(14-18)15(21)17(4,5)6/h7-14H2,1-6H3. The molecule has 2 fully saturated rings. The van der Waals surface area contributed by atoms with E-state index in [4.69, 9.17) is 0 Å². The van der Waals surface area contributed by atoms with Crippen LogP contribution in [0.3, 0.4) is 0 Å². The van der Waals surface area contributed by atoms with Crippen LogP contribution in [0.5, 0.6) is 0 Å². The maximum atomic E-state index is 12.3. The van der Waals surface area contributed by atoms with Crippen LogP contribution in [0, 0.1) is 16.2 Å². The Morgan fingerprint density at radius 1 is 1.00 bits per heavy atom. The molecule has 3 heteroatoms. The number of hydrogen-bond donors (Lipinski definition) is 0. The van der Waals surface area contributed by atoms with Gasteiger partial charge >= 0.3 is 0 Å². The predicted molar refractivity (Wildman–Crippen MR) is 88.2 cm³/mol. The molecular formula is C18H34N2O. The summed E-state index contributed by atoms with van der Waals surface area (Å²) in [6.45, 7) is 18.7. The van der Waals surface area contributed by atoms with Crippen molar-refractivity contribution in [2.75, 3.05) is 32.7 Å². The topological polar surface area (TPSA) is 23.6 Å². The molecule has 21 heavy (non-hydrogen) atoms. The van der Waals surface area contributed by atoms with E-state index < -0.39 is 0 Å². The smallest absolute Gasteiger partial charge is 0.227 e. The predicted octanol–water partition coefficient (Wildman–Crippen LogP) is 3.39. The quantitative estimate of drug-likeness (QED) is 0.779. The second kappa shape index (κ2) is 5.57. The molecule has 1 amide bonds. The summed E-state index contributed by atoms with van der Waals surface area (Å²) >= 11 is 0. The van der Waals surface area contributed by atoms with Crippen LogP contribution in [-0.2, 0) is 4.79 Å². The van der Waals surface area contributed by atoms with Gasteiger partial charge in [0.15, 0.2) is 0 Å². The fourth-order valence-electron chi connectivity index (χ4n) is 3.44. The first-order valence-corrected chi connectivity index (χ1v) is 8.53. The molecule has 0 bridgehead atoms. The molecule has 1 spiro atoms. The zero-order valence-electron chi connectivity index (χ0n) is 15.0. The first-order chi connectivity index (χ1) is 9.51. The van der Waals surface area contributed by atoms with Gasteiger partial charge in [-0.1, -0.05) is 41.5 Å². The lowest BCUT2D eigenvalue weighted by Crippen LogP contribution is -2.63. The fraction of sp³-hybridized carbons (Fsp3) is 0.944.